The van der Waals surface area contributed by atoms with E-state index in [4.69, 9.17) is 5.11 Å². The molecular formula is C11H16N6O4. The van der Waals surface area contributed by atoms with Gasteiger partial charge in [-0.25, -0.2) is 9.48 Å². The summed E-state index contributed by atoms with van der Waals surface area (Å²) in [4.78, 5) is 33.1. The fourth-order valence-corrected chi connectivity index (χ4v) is 1.90. The van der Waals surface area contributed by atoms with Crippen LogP contribution >= 0.6 is 0 Å². The lowest BCUT2D eigenvalue weighted by atomic mass is 10.1. The van der Waals surface area contributed by atoms with E-state index in [-0.39, 0.29) is 31.1 Å². The predicted octanol–water partition coefficient (Wildman–Crippen LogP) is -1.56. The Kier molecular flexibility index (Phi) is 4.69. The Bertz CT molecular complexity index is 533. The highest BCUT2D eigenvalue weighted by molar-refractivity contribution is 5.78. The second-order valence-electron chi connectivity index (χ2n) is 4.67. The van der Waals surface area contributed by atoms with Crippen molar-refractivity contribution in [1.82, 2.24) is 30.9 Å². The summed E-state index contributed by atoms with van der Waals surface area (Å²) < 4.78 is 1.17. The Labute approximate surface area is 119 Å². The maximum absolute atomic E-state index is 11.7. The lowest BCUT2D eigenvalue weighted by Crippen LogP contribution is -2.50. The summed E-state index contributed by atoms with van der Waals surface area (Å²) in [5.74, 6) is -1.03. The molecule has 21 heavy (non-hydrogen) atoms. The van der Waals surface area contributed by atoms with Gasteiger partial charge in [0.05, 0.1) is 12.7 Å². The molecule has 1 aromatic heterocycles. The Morgan fingerprint density at radius 2 is 2.33 bits per heavy atom. The summed E-state index contributed by atoms with van der Waals surface area (Å²) in [5, 5.41) is 24.0. The van der Waals surface area contributed by atoms with Crippen molar-refractivity contribution in [3.05, 3.63) is 11.9 Å². The highest BCUT2D eigenvalue weighted by Crippen LogP contribution is 2.02. The lowest BCUT2D eigenvalue weighted by molar-refractivity contribution is -0.138. The molecule has 1 unspecified atom stereocenters. The third kappa shape index (κ3) is 4.75. The van der Waals surface area contributed by atoms with E-state index >= 15 is 0 Å². The molecule has 1 atom stereocenters. The third-order valence-corrected chi connectivity index (χ3v) is 2.91. The van der Waals surface area contributed by atoms with Gasteiger partial charge in [0.1, 0.15) is 12.2 Å². The first kappa shape index (κ1) is 14.8. The Balaban J connectivity index is 1.72. The monoisotopic (exact) mass is 296 g/mol. The standard InChI is InChI=1S/C11H16N6O4/c18-9-2-1-7(3-12-9)14-11(21)13-4-8-5-17(16-15-8)6-10(19)20/h5,7H,1-4,6H2,(H,12,18)(H,19,20)(H2,13,14,21). The molecular weight excluding hydrogens is 280 g/mol. The maximum atomic E-state index is 11.7. The molecule has 0 aromatic carbocycles. The predicted molar refractivity (Wildman–Crippen MR) is 69.1 cm³/mol. The van der Waals surface area contributed by atoms with Crippen LogP contribution in [0.15, 0.2) is 6.20 Å². The van der Waals surface area contributed by atoms with Gasteiger partial charge in [-0.2, -0.15) is 0 Å². The first-order valence-corrected chi connectivity index (χ1v) is 6.45. The van der Waals surface area contributed by atoms with Crippen molar-refractivity contribution in [3.8, 4) is 0 Å². The first-order valence-electron chi connectivity index (χ1n) is 6.45. The summed E-state index contributed by atoms with van der Waals surface area (Å²) in [6.07, 6.45) is 2.46. The minimum absolute atomic E-state index is 0.0106. The number of nitrogens with zero attached hydrogens (tertiary/aromatic N) is 3. The smallest absolute Gasteiger partial charge is 0.325 e. The van der Waals surface area contributed by atoms with Crippen LogP contribution in [0.5, 0.6) is 0 Å². The maximum Gasteiger partial charge on any atom is 0.325 e. The van der Waals surface area contributed by atoms with Gasteiger partial charge in [0.2, 0.25) is 5.91 Å². The number of carboxylic acid groups (broad SMARTS) is 1. The van der Waals surface area contributed by atoms with E-state index in [1.165, 1.54) is 10.9 Å². The van der Waals surface area contributed by atoms with Crippen molar-refractivity contribution >= 4 is 17.9 Å². The second kappa shape index (κ2) is 6.68. The normalized spacial score (nSPS) is 17.9. The molecule has 1 aliphatic heterocycles. The van der Waals surface area contributed by atoms with Gasteiger partial charge in [0.25, 0.3) is 0 Å². The molecule has 114 valence electrons. The molecule has 1 saturated heterocycles. The molecule has 10 heteroatoms. The number of aliphatic carboxylic acids is 1. The van der Waals surface area contributed by atoms with Gasteiger partial charge in [0.15, 0.2) is 0 Å². The zero-order valence-corrected chi connectivity index (χ0v) is 11.2. The molecule has 1 fully saturated rings. The summed E-state index contributed by atoms with van der Waals surface area (Å²) >= 11 is 0. The number of carboxylic acids is 1. The number of nitrogens with one attached hydrogen (secondary N) is 3. The van der Waals surface area contributed by atoms with E-state index in [1.807, 2.05) is 0 Å². The molecule has 2 heterocycles. The Morgan fingerprint density at radius 1 is 1.52 bits per heavy atom. The molecule has 4 N–H and O–H groups in total. The molecule has 3 amide bonds. The van der Waals surface area contributed by atoms with Crippen LogP contribution in [0.25, 0.3) is 0 Å². The van der Waals surface area contributed by atoms with Crippen molar-refractivity contribution in [1.29, 1.82) is 0 Å². The molecule has 0 radical (unpaired) electrons. The van der Waals surface area contributed by atoms with Crippen molar-refractivity contribution < 1.29 is 19.5 Å². The van der Waals surface area contributed by atoms with Gasteiger partial charge in [-0.05, 0) is 6.42 Å². The van der Waals surface area contributed by atoms with Crippen LogP contribution < -0.4 is 16.0 Å². The molecule has 2 rings (SSSR count). The van der Waals surface area contributed by atoms with Gasteiger partial charge in [-0.3, -0.25) is 9.59 Å². The summed E-state index contributed by atoms with van der Waals surface area (Å²) in [6.45, 7) is 0.284. The van der Waals surface area contributed by atoms with Gasteiger partial charge < -0.3 is 21.1 Å². The van der Waals surface area contributed by atoms with Gasteiger partial charge in [-0.15, -0.1) is 5.10 Å². The Morgan fingerprint density at radius 3 is 3.00 bits per heavy atom. The number of aromatic nitrogens is 3. The largest absolute Gasteiger partial charge is 0.480 e. The number of hydrogen-bond acceptors (Lipinski definition) is 5. The highest BCUT2D eigenvalue weighted by Gasteiger charge is 2.19. The van der Waals surface area contributed by atoms with Gasteiger partial charge in [0, 0.05) is 19.0 Å². The summed E-state index contributed by atoms with van der Waals surface area (Å²) in [6, 6.07) is -0.464. The number of rotatable bonds is 5. The average Bonchev–Trinajstić information content (AvgIpc) is 2.86. The van der Waals surface area contributed by atoms with Crippen LogP contribution in [0.3, 0.4) is 0 Å². The minimum atomic E-state index is -1.02. The van der Waals surface area contributed by atoms with Crippen molar-refractivity contribution in [3.63, 3.8) is 0 Å². The van der Waals surface area contributed by atoms with E-state index in [0.717, 1.165) is 0 Å². The number of piperidine rings is 1. The average molecular weight is 296 g/mol. The van der Waals surface area contributed by atoms with Gasteiger partial charge in [-0.1, -0.05) is 5.21 Å². The van der Waals surface area contributed by atoms with Crippen molar-refractivity contribution in [2.75, 3.05) is 6.54 Å². The van der Waals surface area contributed by atoms with Crippen LogP contribution in [0.2, 0.25) is 0 Å². The zero-order chi connectivity index (χ0) is 15.2. The van der Waals surface area contributed by atoms with Crippen molar-refractivity contribution in [2.45, 2.75) is 32.0 Å². The zero-order valence-electron chi connectivity index (χ0n) is 11.2. The number of carbonyl (C=O) groups is 3. The fourth-order valence-electron chi connectivity index (χ4n) is 1.90. The molecule has 1 aliphatic rings. The van der Waals surface area contributed by atoms with E-state index in [9.17, 15) is 14.4 Å². The summed E-state index contributed by atoms with van der Waals surface area (Å²) in [7, 11) is 0. The SMILES string of the molecule is O=C(O)Cn1cc(CNC(=O)NC2CCC(=O)NC2)nn1. The van der Waals surface area contributed by atoms with E-state index < -0.39 is 5.97 Å². The molecule has 0 spiro atoms. The highest BCUT2D eigenvalue weighted by atomic mass is 16.4. The molecule has 1 aromatic rings. The van der Waals surface area contributed by atoms with E-state index in [0.29, 0.717) is 25.1 Å². The number of urea groups is 1. The third-order valence-electron chi connectivity index (χ3n) is 2.91. The van der Waals surface area contributed by atoms with Crippen LogP contribution in [-0.2, 0) is 22.7 Å². The van der Waals surface area contributed by atoms with Crippen LogP contribution in [0.1, 0.15) is 18.5 Å². The molecule has 10 nitrogen and oxygen atoms in total. The topological polar surface area (TPSA) is 138 Å². The van der Waals surface area contributed by atoms with E-state index in [1.54, 1.807) is 0 Å². The number of amides is 3. The lowest BCUT2D eigenvalue weighted by Gasteiger charge is -2.23. The summed E-state index contributed by atoms with van der Waals surface area (Å²) in [5.41, 5.74) is 0.461. The van der Waals surface area contributed by atoms with Crippen LogP contribution in [0.4, 0.5) is 4.79 Å². The quantitative estimate of drug-likeness (QED) is 0.518. The number of hydrogen-bond donors (Lipinski definition) is 4. The molecule has 0 saturated carbocycles. The van der Waals surface area contributed by atoms with E-state index in [2.05, 4.69) is 26.3 Å². The second-order valence-corrected chi connectivity index (χ2v) is 4.67. The molecule has 0 bridgehead atoms. The molecule has 0 aliphatic carbocycles. The van der Waals surface area contributed by atoms with Crippen LogP contribution in [-0.4, -0.2) is 50.6 Å². The minimum Gasteiger partial charge on any atom is -0.480 e. The first-order chi connectivity index (χ1) is 10.0. The van der Waals surface area contributed by atoms with Crippen LogP contribution in [0, 0.1) is 0 Å². The van der Waals surface area contributed by atoms with Crippen molar-refractivity contribution in [2.24, 2.45) is 0 Å². The Hall–Kier alpha value is -2.65. The fraction of sp³-hybridized carbons (Fsp3) is 0.545. The van der Waals surface area contributed by atoms with Gasteiger partial charge >= 0.3 is 12.0 Å². The number of carbonyl (C=O) groups excluding carboxylic acids is 2.